The molecule has 7 nitrogen and oxygen atoms in total. The zero-order valence-corrected chi connectivity index (χ0v) is 22.4. The largest absolute Gasteiger partial charge is 0.494 e. The van der Waals surface area contributed by atoms with Crippen LogP contribution in [0.4, 0.5) is 10.5 Å². The Hall–Kier alpha value is -3.62. The molecule has 3 aromatic rings. The van der Waals surface area contributed by atoms with Crippen molar-refractivity contribution in [2.24, 2.45) is 0 Å². The summed E-state index contributed by atoms with van der Waals surface area (Å²) in [7, 11) is 0.927. The Balaban J connectivity index is 1.38. The lowest BCUT2D eigenvalue weighted by Crippen LogP contribution is -2.41. The lowest BCUT2D eigenvalue weighted by atomic mass is 9.77. The van der Waals surface area contributed by atoms with E-state index in [1.54, 1.807) is 25.2 Å². The van der Waals surface area contributed by atoms with E-state index in [0.717, 1.165) is 22.3 Å². The monoisotopic (exact) mass is 513 g/mol. The molecule has 1 aliphatic carbocycles. The van der Waals surface area contributed by atoms with Crippen molar-refractivity contribution in [1.82, 2.24) is 0 Å². The molecule has 0 spiro atoms. The lowest BCUT2D eigenvalue weighted by molar-refractivity contribution is -0.136. The van der Waals surface area contributed by atoms with Crippen molar-refractivity contribution < 1.29 is 28.7 Å². The zero-order chi connectivity index (χ0) is 27.2. The quantitative estimate of drug-likeness (QED) is 0.467. The minimum Gasteiger partial charge on any atom is -0.481 e. The van der Waals surface area contributed by atoms with Crippen LogP contribution in [-0.4, -0.2) is 49.1 Å². The van der Waals surface area contributed by atoms with Crippen molar-refractivity contribution in [3.05, 3.63) is 83.4 Å². The Morgan fingerprint density at radius 1 is 0.921 bits per heavy atom. The van der Waals surface area contributed by atoms with Crippen LogP contribution in [0.3, 0.4) is 0 Å². The normalized spacial score (nSPS) is 17.1. The van der Waals surface area contributed by atoms with Gasteiger partial charge >= 0.3 is 19.2 Å². The number of fused-ring (bicyclic) bond motifs is 3. The molecule has 0 aromatic heterocycles. The van der Waals surface area contributed by atoms with Gasteiger partial charge in [-0.2, -0.15) is 0 Å². The number of hydrogen-bond donors (Lipinski definition) is 1. The molecule has 0 atom stereocenters. The van der Waals surface area contributed by atoms with Gasteiger partial charge < -0.3 is 19.2 Å². The highest BCUT2D eigenvalue weighted by Gasteiger charge is 2.51. The van der Waals surface area contributed by atoms with Gasteiger partial charge in [0.05, 0.1) is 17.6 Å². The maximum Gasteiger partial charge on any atom is 0.494 e. The first-order valence-electron chi connectivity index (χ1n) is 12.8. The fraction of sp³-hybridized carbons (Fsp3) is 0.333. The van der Waals surface area contributed by atoms with Crippen LogP contribution in [0.5, 0.6) is 0 Å². The third-order valence-electron chi connectivity index (χ3n) is 7.88. The Kier molecular flexibility index (Phi) is 6.57. The first kappa shape index (κ1) is 26.0. The summed E-state index contributed by atoms with van der Waals surface area (Å²) in [6, 6.07) is 21.6. The highest BCUT2D eigenvalue weighted by atomic mass is 16.7. The molecular formula is C30H32BNO6. The minimum atomic E-state index is -0.967. The van der Waals surface area contributed by atoms with Crippen LogP contribution in [0.15, 0.2) is 66.7 Å². The van der Waals surface area contributed by atoms with Crippen molar-refractivity contribution in [3.8, 4) is 11.1 Å². The smallest absolute Gasteiger partial charge is 0.481 e. The second kappa shape index (κ2) is 9.60. The molecule has 3 aromatic carbocycles. The van der Waals surface area contributed by atoms with E-state index in [0.29, 0.717) is 16.7 Å². The maximum absolute atomic E-state index is 13.2. The number of benzene rings is 3. The van der Waals surface area contributed by atoms with E-state index in [4.69, 9.17) is 14.0 Å². The first-order chi connectivity index (χ1) is 18.0. The van der Waals surface area contributed by atoms with Gasteiger partial charge in [-0.25, -0.2) is 4.79 Å². The number of carbonyl (C=O) groups excluding carboxylic acids is 1. The molecule has 2 aliphatic rings. The molecule has 0 bridgehead atoms. The van der Waals surface area contributed by atoms with Crippen LogP contribution in [0.1, 0.15) is 50.3 Å². The molecule has 1 N–H and O–H groups in total. The van der Waals surface area contributed by atoms with Crippen LogP contribution in [0.25, 0.3) is 11.1 Å². The van der Waals surface area contributed by atoms with Gasteiger partial charge in [-0.05, 0) is 73.1 Å². The van der Waals surface area contributed by atoms with Gasteiger partial charge in [-0.15, -0.1) is 0 Å². The number of carboxylic acid groups (broad SMARTS) is 1. The molecule has 1 fully saturated rings. The third kappa shape index (κ3) is 4.70. The van der Waals surface area contributed by atoms with E-state index in [1.165, 1.54) is 4.90 Å². The van der Waals surface area contributed by atoms with E-state index in [1.807, 2.05) is 52.0 Å². The fourth-order valence-corrected chi connectivity index (χ4v) is 5.08. The number of nitrogens with zero attached hydrogens (tertiary/aromatic N) is 1. The lowest BCUT2D eigenvalue weighted by Gasteiger charge is -2.32. The van der Waals surface area contributed by atoms with E-state index in [-0.39, 0.29) is 18.9 Å². The SMILES string of the molecule is CN(C(=O)OCC1c2ccccc2-c2ccccc21)c1cc(CC(=O)O)cc(B2OC(C)(C)C(C)(C)O2)c1. The molecule has 0 saturated carbocycles. The number of ether oxygens (including phenoxy) is 1. The van der Waals surface area contributed by atoms with Gasteiger partial charge in [-0.1, -0.05) is 54.6 Å². The van der Waals surface area contributed by atoms with Crippen molar-refractivity contribution in [2.75, 3.05) is 18.6 Å². The summed E-state index contributed by atoms with van der Waals surface area (Å²) < 4.78 is 18.2. The summed E-state index contributed by atoms with van der Waals surface area (Å²) in [6.07, 6.45) is -0.724. The van der Waals surface area contributed by atoms with Gasteiger partial charge in [-0.3, -0.25) is 9.69 Å². The van der Waals surface area contributed by atoms with Crippen LogP contribution in [0.2, 0.25) is 0 Å². The number of carbonyl (C=O) groups is 2. The van der Waals surface area contributed by atoms with Crippen molar-refractivity contribution in [2.45, 2.75) is 51.2 Å². The first-order valence-corrected chi connectivity index (χ1v) is 12.8. The summed E-state index contributed by atoms with van der Waals surface area (Å²) >= 11 is 0. The van der Waals surface area contributed by atoms with E-state index in [9.17, 15) is 14.7 Å². The predicted molar refractivity (Wildman–Crippen MR) is 147 cm³/mol. The number of amides is 1. The highest BCUT2D eigenvalue weighted by Crippen LogP contribution is 2.44. The van der Waals surface area contributed by atoms with Crippen LogP contribution >= 0.6 is 0 Å². The molecule has 1 aliphatic heterocycles. The fourth-order valence-electron chi connectivity index (χ4n) is 5.08. The van der Waals surface area contributed by atoms with Crippen LogP contribution in [0, 0.1) is 0 Å². The van der Waals surface area contributed by atoms with Gasteiger partial charge in [0.25, 0.3) is 0 Å². The number of aliphatic carboxylic acids is 1. The van der Waals surface area contributed by atoms with Crippen molar-refractivity contribution in [3.63, 3.8) is 0 Å². The van der Waals surface area contributed by atoms with Gasteiger partial charge in [0.15, 0.2) is 0 Å². The average Bonchev–Trinajstić information content (AvgIpc) is 3.30. The maximum atomic E-state index is 13.2. The molecule has 38 heavy (non-hydrogen) atoms. The second-order valence-corrected chi connectivity index (χ2v) is 11.0. The number of rotatable bonds is 6. The van der Waals surface area contributed by atoms with Crippen molar-refractivity contribution in [1.29, 1.82) is 0 Å². The molecular weight excluding hydrogens is 481 g/mol. The zero-order valence-electron chi connectivity index (χ0n) is 22.4. The number of anilines is 1. The molecule has 1 heterocycles. The molecule has 5 rings (SSSR count). The van der Waals surface area contributed by atoms with Crippen LogP contribution < -0.4 is 10.4 Å². The summed E-state index contributed by atoms with van der Waals surface area (Å²) in [5.74, 6) is -1.02. The molecule has 0 unspecified atom stereocenters. The molecule has 8 heteroatoms. The summed E-state index contributed by atoms with van der Waals surface area (Å²) in [4.78, 5) is 26.1. The Morgan fingerprint density at radius 3 is 2.03 bits per heavy atom. The average molecular weight is 513 g/mol. The summed E-state index contributed by atoms with van der Waals surface area (Å²) in [5, 5.41) is 9.43. The van der Waals surface area contributed by atoms with Gasteiger partial charge in [0, 0.05) is 18.7 Å². The Labute approximate surface area is 223 Å². The van der Waals surface area contributed by atoms with Gasteiger partial charge in [0.2, 0.25) is 0 Å². The standard InChI is InChI=1S/C30H32BNO6/c1-29(2)30(3,4)38-31(37-29)20-14-19(16-27(33)34)15-21(17-20)32(5)28(35)36-18-26-24-12-8-6-10-22(24)23-11-7-9-13-25(23)26/h6-15,17,26H,16,18H2,1-5H3,(H,33,34). The van der Waals surface area contributed by atoms with Crippen LogP contribution in [-0.2, 0) is 25.3 Å². The minimum absolute atomic E-state index is 0.0570. The van der Waals surface area contributed by atoms with Gasteiger partial charge in [0.1, 0.15) is 6.61 Å². The summed E-state index contributed by atoms with van der Waals surface area (Å²) in [5.41, 5.74) is 5.17. The van der Waals surface area contributed by atoms with E-state index in [2.05, 4.69) is 24.3 Å². The second-order valence-electron chi connectivity index (χ2n) is 11.0. The molecule has 0 radical (unpaired) electrons. The molecule has 1 saturated heterocycles. The number of carboxylic acids is 1. The Bertz CT molecular complexity index is 1340. The van der Waals surface area contributed by atoms with E-state index < -0.39 is 30.4 Å². The predicted octanol–water partition coefficient (Wildman–Crippen LogP) is 5.00. The number of hydrogen-bond acceptors (Lipinski definition) is 5. The third-order valence-corrected chi connectivity index (χ3v) is 7.88. The Morgan fingerprint density at radius 2 is 1.47 bits per heavy atom. The van der Waals surface area contributed by atoms with E-state index >= 15 is 0 Å². The van der Waals surface area contributed by atoms with Crippen molar-refractivity contribution >= 4 is 30.3 Å². The molecule has 1 amide bonds. The highest BCUT2D eigenvalue weighted by molar-refractivity contribution is 6.62. The summed E-state index contributed by atoms with van der Waals surface area (Å²) in [6.45, 7) is 8.02. The molecule has 196 valence electrons. The topological polar surface area (TPSA) is 85.3 Å².